The van der Waals surface area contributed by atoms with Crippen molar-refractivity contribution < 1.29 is 4.52 Å². The summed E-state index contributed by atoms with van der Waals surface area (Å²) in [7, 11) is 0. The van der Waals surface area contributed by atoms with Crippen molar-refractivity contribution in [1.29, 1.82) is 0 Å². The van der Waals surface area contributed by atoms with E-state index >= 15 is 0 Å². The molecule has 6 nitrogen and oxygen atoms in total. The van der Waals surface area contributed by atoms with Crippen molar-refractivity contribution in [2.45, 2.75) is 0 Å². The van der Waals surface area contributed by atoms with E-state index in [1.54, 1.807) is 30.9 Å². The molecule has 0 bridgehead atoms. The number of rotatable bonds is 2. The van der Waals surface area contributed by atoms with Gasteiger partial charge in [-0.15, -0.1) is 0 Å². The van der Waals surface area contributed by atoms with Crippen molar-refractivity contribution in [3.63, 3.8) is 0 Å². The molecule has 0 aliphatic carbocycles. The molecule has 88 valence electrons. The lowest BCUT2D eigenvalue weighted by atomic mass is 10.2. The zero-order valence-corrected chi connectivity index (χ0v) is 9.32. The van der Waals surface area contributed by atoms with Gasteiger partial charge in [-0.1, -0.05) is 5.16 Å². The largest absolute Gasteiger partial charge is 0.397 e. The summed E-state index contributed by atoms with van der Waals surface area (Å²) in [4.78, 5) is 12.2. The summed E-state index contributed by atoms with van der Waals surface area (Å²) in [6.07, 6.45) is 6.53. The SMILES string of the molecule is Nc1cnccc1-c1nc(-c2cccnc2)no1. The molecule has 0 aliphatic rings. The molecule has 3 aromatic rings. The second-order valence-corrected chi connectivity index (χ2v) is 3.63. The highest BCUT2D eigenvalue weighted by molar-refractivity contribution is 5.70. The predicted molar refractivity (Wildman–Crippen MR) is 65.2 cm³/mol. The lowest BCUT2D eigenvalue weighted by molar-refractivity contribution is 0.432. The normalized spacial score (nSPS) is 10.4. The minimum absolute atomic E-state index is 0.369. The average molecular weight is 239 g/mol. The molecule has 0 aliphatic heterocycles. The van der Waals surface area contributed by atoms with E-state index in [1.165, 1.54) is 0 Å². The Morgan fingerprint density at radius 1 is 1.06 bits per heavy atom. The third-order valence-corrected chi connectivity index (χ3v) is 2.43. The van der Waals surface area contributed by atoms with Gasteiger partial charge in [0.25, 0.3) is 5.89 Å². The monoisotopic (exact) mass is 239 g/mol. The molecule has 3 heterocycles. The molecular formula is C12H9N5O. The molecule has 0 aromatic carbocycles. The number of nitrogen functional groups attached to an aromatic ring is 1. The molecular weight excluding hydrogens is 230 g/mol. The Hall–Kier alpha value is -2.76. The zero-order valence-electron chi connectivity index (χ0n) is 9.32. The van der Waals surface area contributed by atoms with E-state index in [4.69, 9.17) is 10.3 Å². The first kappa shape index (κ1) is 10.4. The maximum Gasteiger partial charge on any atom is 0.260 e. The Morgan fingerprint density at radius 2 is 1.94 bits per heavy atom. The first-order chi connectivity index (χ1) is 8.84. The Labute approximate surface area is 103 Å². The zero-order chi connectivity index (χ0) is 12.4. The van der Waals surface area contributed by atoms with Crippen LogP contribution in [0.15, 0.2) is 47.5 Å². The Bertz CT molecular complexity index is 665. The number of aromatic nitrogens is 4. The molecule has 0 amide bonds. The van der Waals surface area contributed by atoms with E-state index in [0.717, 1.165) is 5.56 Å². The molecule has 0 radical (unpaired) electrons. The Balaban J connectivity index is 2.03. The Kier molecular flexibility index (Phi) is 2.45. The van der Waals surface area contributed by atoms with Crippen molar-refractivity contribution in [2.24, 2.45) is 0 Å². The van der Waals surface area contributed by atoms with E-state index in [9.17, 15) is 0 Å². The van der Waals surface area contributed by atoms with E-state index in [2.05, 4.69) is 20.1 Å². The van der Waals surface area contributed by atoms with Gasteiger partial charge >= 0.3 is 0 Å². The van der Waals surface area contributed by atoms with E-state index in [-0.39, 0.29) is 0 Å². The number of nitrogens with zero attached hydrogens (tertiary/aromatic N) is 4. The smallest absolute Gasteiger partial charge is 0.260 e. The molecule has 6 heteroatoms. The van der Waals surface area contributed by atoms with Crippen LogP contribution in [0.3, 0.4) is 0 Å². The first-order valence-corrected chi connectivity index (χ1v) is 5.28. The van der Waals surface area contributed by atoms with Gasteiger partial charge in [-0.3, -0.25) is 9.97 Å². The van der Waals surface area contributed by atoms with Crippen molar-refractivity contribution in [3.05, 3.63) is 43.0 Å². The van der Waals surface area contributed by atoms with Crippen LogP contribution in [0.2, 0.25) is 0 Å². The van der Waals surface area contributed by atoms with Gasteiger partial charge in [-0.05, 0) is 18.2 Å². The van der Waals surface area contributed by atoms with Crippen LogP contribution in [-0.4, -0.2) is 20.1 Å². The number of hydrogen-bond donors (Lipinski definition) is 1. The maximum atomic E-state index is 5.80. The lowest BCUT2D eigenvalue weighted by Gasteiger charge is -1.97. The van der Waals surface area contributed by atoms with Gasteiger partial charge in [0.05, 0.1) is 17.4 Å². The molecule has 3 rings (SSSR count). The maximum absolute atomic E-state index is 5.80. The highest BCUT2D eigenvalue weighted by Crippen LogP contribution is 2.25. The topological polar surface area (TPSA) is 90.7 Å². The second kappa shape index (κ2) is 4.25. The van der Waals surface area contributed by atoms with Crippen LogP contribution in [0, 0.1) is 0 Å². The summed E-state index contributed by atoms with van der Waals surface area (Å²) < 4.78 is 5.19. The van der Waals surface area contributed by atoms with Gasteiger partial charge in [0, 0.05) is 24.2 Å². The summed E-state index contributed by atoms with van der Waals surface area (Å²) in [6.45, 7) is 0. The summed E-state index contributed by atoms with van der Waals surface area (Å²) in [6, 6.07) is 5.40. The standard InChI is InChI=1S/C12H9N5O/c13-10-7-15-5-3-9(10)12-16-11(17-18-12)8-2-1-4-14-6-8/h1-7H,13H2. The summed E-state index contributed by atoms with van der Waals surface area (Å²) in [5, 5.41) is 3.90. The fourth-order valence-corrected chi connectivity index (χ4v) is 1.55. The molecule has 0 unspecified atom stereocenters. The van der Waals surface area contributed by atoms with Gasteiger partial charge in [-0.2, -0.15) is 4.98 Å². The van der Waals surface area contributed by atoms with E-state index in [0.29, 0.717) is 23.0 Å². The molecule has 18 heavy (non-hydrogen) atoms. The van der Waals surface area contributed by atoms with Gasteiger partial charge in [-0.25, -0.2) is 0 Å². The third-order valence-electron chi connectivity index (χ3n) is 2.43. The number of hydrogen-bond acceptors (Lipinski definition) is 6. The summed E-state index contributed by atoms with van der Waals surface area (Å²) >= 11 is 0. The minimum atomic E-state index is 0.369. The van der Waals surface area contributed by atoms with E-state index in [1.807, 2.05) is 12.1 Å². The molecule has 0 saturated heterocycles. The lowest BCUT2D eigenvalue weighted by Crippen LogP contribution is -1.90. The van der Waals surface area contributed by atoms with Crippen molar-refractivity contribution in [1.82, 2.24) is 20.1 Å². The highest BCUT2D eigenvalue weighted by atomic mass is 16.5. The average Bonchev–Trinajstić information content (AvgIpc) is 2.90. The minimum Gasteiger partial charge on any atom is -0.397 e. The third kappa shape index (κ3) is 1.80. The second-order valence-electron chi connectivity index (χ2n) is 3.63. The van der Waals surface area contributed by atoms with Crippen molar-refractivity contribution in [2.75, 3.05) is 5.73 Å². The van der Waals surface area contributed by atoms with Gasteiger partial charge in [0.15, 0.2) is 0 Å². The molecule has 0 saturated carbocycles. The molecule has 0 atom stereocenters. The van der Waals surface area contributed by atoms with Gasteiger partial charge in [0.2, 0.25) is 5.82 Å². The summed E-state index contributed by atoms with van der Waals surface area (Å²) in [5.41, 5.74) is 7.76. The highest BCUT2D eigenvalue weighted by Gasteiger charge is 2.12. The molecule has 0 fully saturated rings. The predicted octanol–water partition coefficient (Wildman–Crippen LogP) is 1.78. The fraction of sp³-hybridized carbons (Fsp3) is 0. The van der Waals surface area contributed by atoms with Gasteiger partial charge < -0.3 is 10.3 Å². The van der Waals surface area contributed by atoms with Gasteiger partial charge in [0.1, 0.15) is 0 Å². The van der Waals surface area contributed by atoms with E-state index < -0.39 is 0 Å². The molecule has 0 spiro atoms. The van der Waals surface area contributed by atoms with Crippen LogP contribution in [0.5, 0.6) is 0 Å². The summed E-state index contributed by atoms with van der Waals surface area (Å²) in [5.74, 6) is 0.850. The Morgan fingerprint density at radius 3 is 2.72 bits per heavy atom. The van der Waals surface area contributed by atoms with Crippen LogP contribution >= 0.6 is 0 Å². The quantitative estimate of drug-likeness (QED) is 0.732. The van der Waals surface area contributed by atoms with Crippen molar-refractivity contribution >= 4 is 5.69 Å². The van der Waals surface area contributed by atoms with Crippen LogP contribution in [0.1, 0.15) is 0 Å². The fourth-order valence-electron chi connectivity index (χ4n) is 1.55. The van der Waals surface area contributed by atoms with Crippen molar-refractivity contribution in [3.8, 4) is 22.8 Å². The molecule has 3 aromatic heterocycles. The number of nitrogens with two attached hydrogens (primary N) is 1. The van der Waals surface area contributed by atoms with Crippen LogP contribution in [0.25, 0.3) is 22.8 Å². The number of anilines is 1. The number of pyridine rings is 2. The van der Waals surface area contributed by atoms with Crippen LogP contribution in [-0.2, 0) is 0 Å². The first-order valence-electron chi connectivity index (χ1n) is 5.28. The molecule has 2 N–H and O–H groups in total. The van der Waals surface area contributed by atoms with Crippen LogP contribution < -0.4 is 5.73 Å². The van der Waals surface area contributed by atoms with Crippen LogP contribution in [0.4, 0.5) is 5.69 Å².